The van der Waals surface area contributed by atoms with Crippen LogP contribution in [-0.4, -0.2) is 29.3 Å². The van der Waals surface area contributed by atoms with Crippen LogP contribution in [0.3, 0.4) is 0 Å². The summed E-state index contributed by atoms with van der Waals surface area (Å²) >= 11 is 0. The number of aromatic nitrogens is 2. The number of phenols is 1. The van der Waals surface area contributed by atoms with E-state index >= 15 is 0 Å². The van der Waals surface area contributed by atoms with Crippen LogP contribution in [0.25, 0.3) is 12.2 Å². The average molecular weight is 378 g/mol. The van der Waals surface area contributed by atoms with Crippen LogP contribution >= 0.6 is 0 Å². The fourth-order valence-electron chi connectivity index (χ4n) is 2.84. The van der Waals surface area contributed by atoms with E-state index in [-0.39, 0.29) is 11.7 Å². The number of ether oxygens (including phenoxy) is 2. The molecule has 144 valence electrons. The maximum absolute atomic E-state index is 9.42. The third-order valence-electron chi connectivity index (χ3n) is 4.23. The highest BCUT2D eigenvalue weighted by Gasteiger charge is 2.13. The lowest BCUT2D eigenvalue weighted by atomic mass is 10.0. The van der Waals surface area contributed by atoms with Gasteiger partial charge in [0, 0.05) is 23.7 Å². The molecule has 0 atom stereocenters. The second kappa shape index (κ2) is 8.30. The van der Waals surface area contributed by atoms with Crippen molar-refractivity contribution in [3.8, 4) is 17.2 Å². The fraction of sp³-hybridized carbons (Fsp3) is 0.143. The van der Waals surface area contributed by atoms with Gasteiger partial charge >= 0.3 is 0 Å². The summed E-state index contributed by atoms with van der Waals surface area (Å²) in [5.41, 5.74) is 15.1. The molecule has 5 N–H and O–H groups in total. The summed E-state index contributed by atoms with van der Waals surface area (Å²) in [5.74, 6) is 1.96. The molecule has 7 nitrogen and oxygen atoms in total. The highest BCUT2D eigenvalue weighted by molar-refractivity contribution is 5.75. The first-order valence-corrected chi connectivity index (χ1v) is 8.59. The van der Waals surface area contributed by atoms with Gasteiger partial charge < -0.3 is 26.0 Å². The van der Waals surface area contributed by atoms with Gasteiger partial charge in [-0.15, -0.1) is 0 Å². The van der Waals surface area contributed by atoms with E-state index in [1.807, 2.05) is 36.4 Å². The fourth-order valence-corrected chi connectivity index (χ4v) is 2.84. The van der Waals surface area contributed by atoms with Crippen LogP contribution in [0.1, 0.15) is 22.3 Å². The number of aromatic hydroxyl groups is 1. The van der Waals surface area contributed by atoms with Gasteiger partial charge in [-0.2, -0.15) is 4.98 Å². The van der Waals surface area contributed by atoms with E-state index in [4.69, 9.17) is 20.9 Å². The monoisotopic (exact) mass is 378 g/mol. The number of nitrogens with zero attached hydrogens (tertiary/aromatic N) is 2. The number of phenolic OH excluding ortho intramolecular Hbond substituents is 1. The zero-order valence-electron chi connectivity index (χ0n) is 15.7. The van der Waals surface area contributed by atoms with Gasteiger partial charge in [-0.25, -0.2) is 4.98 Å². The minimum atomic E-state index is 0.145. The molecule has 2 aromatic carbocycles. The molecule has 1 heterocycles. The Bertz CT molecular complexity index is 1000. The number of benzene rings is 2. The van der Waals surface area contributed by atoms with E-state index < -0.39 is 0 Å². The number of anilines is 2. The van der Waals surface area contributed by atoms with Gasteiger partial charge in [0.2, 0.25) is 5.95 Å². The van der Waals surface area contributed by atoms with Gasteiger partial charge in [0.1, 0.15) is 11.6 Å². The van der Waals surface area contributed by atoms with E-state index in [1.54, 1.807) is 32.5 Å². The highest BCUT2D eigenvalue weighted by atomic mass is 16.5. The SMILES string of the molecule is COc1cc(Cc2cnc(N)nc2N)cc(/C=C/c2ccc(O)cc2)c1OC. The topological polar surface area (TPSA) is 117 Å². The van der Waals surface area contributed by atoms with Crippen LogP contribution < -0.4 is 20.9 Å². The van der Waals surface area contributed by atoms with Crippen molar-refractivity contribution in [3.05, 3.63) is 64.8 Å². The molecule has 7 heteroatoms. The summed E-state index contributed by atoms with van der Waals surface area (Å²) in [6.07, 6.45) is 6.01. The molecule has 28 heavy (non-hydrogen) atoms. The van der Waals surface area contributed by atoms with Gasteiger partial charge in [0.25, 0.3) is 0 Å². The first kappa shape index (κ1) is 19.0. The van der Waals surface area contributed by atoms with Crippen LogP contribution in [-0.2, 0) is 6.42 Å². The molecule has 0 aliphatic carbocycles. The molecule has 0 aliphatic rings. The molecular formula is C21H22N4O3. The van der Waals surface area contributed by atoms with Crippen molar-refractivity contribution in [1.82, 2.24) is 9.97 Å². The van der Waals surface area contributed by atoms with Crippen molar-refractivity contribution in [2.24, 2.45) is 0 Å². The Labute approximate surface area is 163 Å². The van der Waals surface area contributed by atoms with Crippen LogP contribution in [0.15, 0.2) is 42.6 Å². The van der Waals surface area contributed by atoms with Crippen molar-refractivity contribution in [1.29, 1.82) is 0 Å². The molecule has 0 radical (unpaired) electrons. The molecule has 0 saturated carbocycles. The van der Waals surface area contributed by atoms with Gasteiger partial charge in [0.15, 0.2) is 11.5 Å². The van der Waals surface area contributed by atoms with E-state index in [0.29, 0.717) is 23.7 Å². The third kappa shape index (κ3) is 4.32. The van der Waals surface area contributed by atoms with Crippen molar-refractivity contribution < 1.29 is 14.6 Å². The quantitative estimate of drug-likeness (QED) is 0.564. The zero-order valence-corrected chi connectivity index (χ0v) is 15.7. The van der Waals surface area contributed by atoms with E-state index in [0.717, 1.165) is 22.3 Å². The third-order valence-corrected chi connectivity index (χ3v) is 4.23. The minimum absolute atomic E-state index is 0.145. The number of nitrogen functional groups attached to an aromatic ring is 2. The summed E-state index contributed by atoms with van der Waals surface area (Å²) in [7, 11) is 3.19. The van der Waals surface area contributed by atoms with Crippen LogP contribution in [0, 0.1) is 0 Å². The number of hydrogen-bond acceptors (Lipinski definition) is 7. The van der Waals surface area contributed by atoms with Crippen molar-refractivity contribution in [2.75, 3.05) is 25.7 Å². The molecule has 0 saturated heterocycles. The predicted octanol–water partition coefficient (Wildman–Crippen LogP) is 3.13. The molecule has 0 amide bonds. The minimum Gasteiger partial charge on any atom is -0.508 e. The number of nitrogens with two attached hydrogens (primary N) is 2. The molecule has 0 aliphatic heterocycles. The zero-order chi connectivity index (χ0) is 20.1. The first-order valence-electron chi connectivity index (χ1n) is 8.59. The molecule has 0 spiro atoms. The van der Waals surface area contributed by atoms with Gasteiger partial charge in [0.05, 0.1) is 14.2 Å². The lowest BCUT2D eigenvalue weighted by Gasteiger charge is -2.14. The molecule has 0 fully saturated rings. The Kier molecular flexibility index (Phi) is 5.64. The normalized spacial score (nSPS) is 10.9. The molecule has 3 aromatic rings. The summed E-state index contributed by atoms with van der Waals surface area (Å²) < 4.78 is 11.0. The van der Waals surface area contributed by atoms with E-state index in [2.05, 4.69) is 9.97 Å². The van der Waals surface area contributed by atoms with Crippen LogP contribution in [0.5, 0.6) is 17.2 Å². The number of methoxy groups -OCH3 is 2. The Balaban J connectivity index is 1.98. The summed E-state index contributed by atoms with van der Waals surface area (Å²) in [4.78, 5) is 8.02. The van der Waals surface area contributed by atoms with Gasteiger partial charge in [-0.05, 0) is 35.4 Å². The summed E-state index contributed by atoms with van der Waals surface area (Å²) in [6.45, 7) is 0. The molecule has 3 rings (SSSR count). The van der Waals surface area contributed by atoms with Crippen molar-refractivity contribution in [3.63, 3.8) is 0 Å². The van der Waals surface area contributed by atoms with Gasteiger partial charge in [-0.1, -0.05) is 24.3 Å². The van der Waals surface area contributed by atoms with Crippen LogP contribution in [0.2, 0.25) is 0 Å². The number of rotatable bonds is 6. The predicted molar refractivity (Wildman–Crippen MR) is 110 cm³/mol. The van der Waals surface area contributed by atoms with Crippen molar-refractivity contribution in [2.45, 2.75) is 6.42 Å². The maximum atomic E-state index is 9.42. The van der Waals surface area contributed by atoms with Crippen molar-refractivity contribution >= 4 is 23.9 Å². The Morgan fingerprint density at radius 2 is 1.79 bits per heavy atom. The molecule has 1 aromatic heterocycles. The Hall–Kier alpha value is -3.74. The lowest BCUT2D eigenvalue weighted by Crippen LogP contribution is -2.04. The lowest BCUT2D eigenvalue weighted by molar-refractivity contribution is 0.354. The van der Waals surface area contributed by atoms with E-state index in [1.165, 1.54) is 0 Å². The average Bonchev–Trinajstić information content (AvgIpc) is 2.69. The smallest absolute Gasteiger partial charge is 0.221 e. The largest absolute Gasteiger partial charge is 0.508 e. The highest BCUT2D eigenvalue weighted by Crippen LogP contribution is 2.35. The van der Waals surface area contributed by atoms with E-state index in [9.17, 15) is 5.11 Å². The Morgan fingerprint density at radius 1 is 1.04 bits per heavy atom. The Morgan fingerprint density at radius 3 is 2.43 bits per heavy atom. The summed E-state index contributed by atoms with van der Waals surface area (Å²) in [6, 6.07) is 10.8. The molecule has 0 bridgehead atoms. The maximum Gasteiger partial charge on any atom is 0.221 e. The molecule has 0 unspecified atom stereocenters. The second-order valence-corrected chi connectivity index (χ2v) is 6.16. The van der Waals surface area contributed by atoms with Crippen LogP contribution in [0.4, 0.5) is 11.8 Å². The van der Waals surface area contributed by atoms with Gasteiger partial charge in [-0.3, -0.25) is 0 Å². The second-order valence-electron chi connectivity index (χ2n) is 6.16. The summed E-state index contributed by atoms with van der Waals surface area (Å²) in [5, 5.41) is 9.42. The standard InChI is InChI=1S/C21H22N4O3/c1-27-18-11-14(10-16-12-24-21(23)25-20(16)22)9-15(19(18)28-2)6-3-13-4-7-17(26)8-5-13/h3-9,11-12,26H,10H2,1-2H3,(H4,22,23,24,25)/b6-3+. The number of hydrogen-bond donors (Lipinski definition) is 3. The molecular weight excluding hydrogens is 356 g/mol. The first-order chi connectivity index (χ1) is 13.5.